The number of amides is 1. The van der Waals surface area contributed by atoms with Gasteiger partial charge in [-0.2, -0.15) is 13.2 Å². The van der Waals surface area contributed by atoms with Crippen molar-refractivity contribution in [2.75, 3.05) is 26.8 Å². The van der Waals surface area contributed by atoms with Crippen LogP contribution in [0.4, 0.5) is 13.2 Å². The normalized spacial score (nSPS) is 17.4. The molecule has 0 aromatic carbocycles. The van der Waals surface area contributed by atoms with E-state index in [-0.39, 0.29) is 29.9 Å². The minimum absolute atomic E-state index is 0. The van der Waals surface area contributed by atoms with Crippen molar-refractivity contribution >= 4 is 29.7 Å². The van der Waals surface area contributed by atoms with Gasteiger partial charge in [-0.3, -0.25) is 4.79 Å². The largest absolute Gasteiger partial charge is 0.434 e. The molecule has 2 N–H and O–H groups in total. The van der Waals surface area contributed by atoms with Crippen LogP contribution in [0.25, 0.3) is 0 Å². The van der Waals surface area contributed by atoms with Crippen molar-refractivity contribution in [1.82, 2.24) is 15.6 Å². The van der Waals surface area contributed by atoms with Crippen LogP contribution in [0.5, 0.6) is 0 Å². The lowest BCUT2D eigenvalue weighted by Gasteiger charge is -2.35. The summed E-state index contributed by atoms with van der Waals surface area (Å²) in [5, 5.41) is 7.06. The number of nitrogens with zero attached hydrogens (tertiary/aromatic N) is 1. The number of methoxy groups -OCH3 is 1. The van der Waals surface area contributed by atoms with Gasteiger partial charge in [0, 0.05) is 12.5 Å². The van der Waals surface area contributed by atoms with Gasteiger partial charge in [-0.05, 0) is 25.9 Å². The van der Waals surface area contributed by atoms with Gasteiger partial charge in [0.2, 0.25) is 5.91 Å². The van der Waals surface area contributed by atoms with E-state index in [9.17, 15) is 18.0 Å². The maximum Gasteiger partial charge on any atom is 0.434 e. The molecular formula is C13H19ClF3N3O2S. The number of aromatic nitrogens is 1. The van der Waals surface area contributed by atoms with Crippen LogP contribution in [-0.2, 0) is 22.3 Å². The van der Waals surface area contributed by atoms with Gasteiger partial charge in [0.25, 0.3) is 0 Å². The highest BCUT2D eigenvalue weighted by molar-refractivity contribution is 7.09. The number of hydrogen-bond donors (Lipinski definition) is 2. The third-order valence-electron chi connectivity index (χ3n) is 3.71. The first-order valence-electron chi connectivity index (χ1n) is 6.87. The molecule has 0 bridgehead atoms. The Kier molecular flexibility index (Phi) is 7.25. The van der Waals surface area contributed by atoms with Gasteiger partial charge >= 0.3 is 6.18 Å². The zero-order valence-corrected chi connectivity index (χ0v) is 14.2. The molecule has 5 nitrogen and oxygen atoms in total. The van der Waals surface area contributed by atoms with Crippen molar-refractivity contribution in [1.29, 1.82) is 0 Å². The summed E-state index contributed by atoms with van der Waals surface area (Å²) in [5.41, 5.74) is -1.54. The molecule has 0 aliphatic carbocycles. The molecule has 0 atom stereocenters. The van der Waals surface area contributed by atoms with E-state index in [0.29, 0.717) is 32.5 Å². The summed E-state index contributed by atoms with van der Waals surface area (Å²) in [7, 11) is 1.54. The van der Waals surface area contributed by atoms with E-state index in [1.54, 1.807) is 0 Å². The van der Waals surface area contributed by atoms with E-state index < -0.39 is 17.3 Å². The average Bonchev–Trinajstić information content (AvgIpc) is 2.95. The van der Waals surface area contributed by atoms with Crippen molar-refractivity contribution in [3.05, 3.63) is 16.1 Å². The second-order valence-electron chi connectivity index (χ2n) is 5.27. The SMILES string of the molecule is COCC1(C(=O)NCc2nc(C(F)(F)F)cs2)CCNCC1.Cl. The van der Waals surface area contributed by atoms with E-state index in [1.165, 1.54) is 7.11 Å². The molecule has 1 saturated heterocycles. The van der Waals surface area contributed by atoms with Gasteiger partial charge < -0.3 is 15.4 Å². The van der Waals surface area contributed by atoms with E-state index >= 15 is 0 Å². The Hall–Kier alpha value is -0.900. The molecule has 0 unspecified atom stereocenters. The van der Waals surface area contributed by atoms with Crippen LogP contribution in [0.15, 0.2) is 5.38 Å². The Balaban J connectivity index is 0.00000264. The highest BCUT2D eigenvalue weighted by atomic mass is 35.5. The van der Waals surface area contributed by atoms with Gasteiger partial charge in [0.05, 0.1) is 18.6 Å². The van der Waals surface area contributed by atoms with Crippen LogP contribution in [0, 0.1) is 5.41 Å². The summed E-state index contributed by atoms with van der Waals surface area (Å²) < 4.78 is 42.6. The van der Waals surface area contributed by atoms with Crippen LogP contribution in [0.2, 0.25) is 0 Å². The number of rotatable bonds is 5. The quantitative estimate of drug-likeness (QED) is 0.830. The number of carbonyl (C=O) groups is 1. The summed E-state index contributed by atoms with van der Waals surface area (Å²) in [5.74, 6) is -0.195. The number of alkyl halides is 3. The third-order valence-corrected chi connectivity index (χ3v) is 4.55. The highest BCUT2D eigenvalue weighted by Crippen LogP contribution is 2.31. The molecule has 0 radical (unpaired) electrons. The molecule has 132 valence electrons. The Morgan fingerprint density at radius 2 is 2.13 bits per heavy atom. The van der Waals surface area contributed by atoms with Gasteiger partial charge in [-0.15, -0.1) is 23.7 Å². The van der Waals surface area contributed by atoms with Crippen molar-refractivity contribution in [2.24, 2.45) is 5.41 Å². The fourth-order valence-corrected chi connectivity index (χ4v) is 3.22. The average molecular weight is 374 g/mol. The van der Waals surface area contributed by atoms with Gasteiger partial charge in [-0.25, -0.2) is 4.98 Å². The lowest BCUT2D eigenvalue weighted by molar-refractivity contribution is -0.140. The fourth-order valence-electron chi connectivity index (χ4n) is 2.48. The maximum absolute atomic E-state index is 12.5. The fraction of sp³-hybridized carbons (Fsp3) is 0.692. The van der Waals surface area contributed by atoms with Gasteiger partial charge in [-0.1, -0.05) is 0 Å². The predicted octanol–water partition coefficient (Wildman–Crippen LogP) is 2.22. The van der Waals surface area contributed by atoms with Crippen molar-refractivity contribution < 1.29 is 22.7 Å². The van der Waals surface area contributed by atoms with E-state index in [0.717, 1.165) is 16.7 Å². The summed E-state index contributed by atoms with van der Waals surface area (Å²) in [6.45, 7) is 1.73. The van der Waals surface area contributed by atoms with Crippen molar-refractivity contribution in [3.63, 3.8) is 0 Å². The van der Waals surface area contributed by atoms with E-state index in [1.807, 2.05) is 0 Å². The standard InChI is InChI=1S/C13H18F3N3O2S.ClH/c1-21-8-12(2-4-17-5-3-12)11(20)18-6-10-19-9(7-22-10)13(14,15)16;/h7,17H,2-6,8H2,1H3,(H,18,20);1H. The predicted molar refractivity (Wildman–Crippen MR) is 82.6 cm³/mol. The Morgan fingerprint density at radius 3 is 2.65 bits per heavy atom. The van der Waals surface area contributed by atoms with Gasteiger partial charge in [0.15, 0.2) is 5.69 Å². The summed E-state index contributed by atoms with van der Waals surface area (Å²) in [6, 6.07) is 0. The minimum Gasteiger partial charge on any atom is -0.384 e. The Bertz CT molecular complexity index is 513. The lowest BCUT2D eigenvalue weighted by atomic mass is 9.78. The summed E-state index contributed by atoms with van der Waals surface area (Å²) >= 11 is 0.888. The van der Waals surface area contributed by atoms with Gasteiger partial charge in [0.1, 0.15) is 5.01 Å². The first-order chi connectivity index (χ1) is 10.4. The Morgan fingerprint density at radius 1 is 1.48 bits per heavy atom. The second kappa shape index (κ2) is 8.27. The minimum atomic E-state index is -4.45. The maximum atomic E-state index is 12.5. The lowest BCUT2D eigenvalue weighted by Crippen LogP contribution is -2.49. The van der Waals surface area contributed by atoms with Crippen LogP contribution in [-0.4, -0.2) is 37.7 Å². The van der Waals surface area contributed by atoms with Crippen LogP contribution in [0.3, 0.4) is 0 Å². The van der Waals surface area contributed by atoms with Crippen molar-refractivity contribution in [2.45, 2.75) is 25.6 Å². The molecule has 1 aromatic rings. The number of piperidine rings is 1. The molecule has 23 heavy (non-hydrogen) atoms. The number of halogens is 4. The topological polar surface area (TPSA) is 63.2 Å². The molecule has 1 aliphatic rings. The second-order valence-corrected chi connectivity index (χ2v) is 6.21. The molecule has 0 saturated carbocycles. The number of thiazole rings is 1. The molecule has 1 fully saturated rings. The third kappa shape index (κ3) is 5.03. The number of ether oxygens (including phenoxy) is 1. The zero-order valence-electron chi connectivity index (χ0n) is 12.5. The molecule has 2 rings (SSSR count). The molecule has 1 aromatic heterocycles. The molecule has 10 heteroatoms. The van der Waals surface area contributed by atoms with E-state index in [4.69, 9.17) is 4.74 Å². The summed E-state index contributed by atoms with van der Waals surface area (Å²) in [6.07, 6.45) is -3.18. The number of hydrogen-bond acceptors (Lipinski definition) is 5. The smallest absolute Gasteiger partial charge is 0.384 e. The molecule has 0 spiro atoms. The molecule has 1 aliphatic heterocycles. The molecular weight excluding hydrogens is 355 g/mol. The summed E-state index contributed by atoms with van der Waals surface area (Å²) in [4.78, 5) is 15.9. The Labute approximate surface area is 142 Å². The van der Waals surface area contributed by atoms with Crippen LogP contribution < -0.4 is 10.6 Å². The van der Waals surface area contributed by atoms with Crippen LogP contribution in [0.1, 0.15) is 23.5 Å². The monoisotopic (exact) mass is 373 g/mol. The first-order valence-corrected chi connectivity index (χ1v) is 7.75. The number of nitrogens with one attached hydrogen (secondary N) is 2. The molecule has 2 heterocycles. The highest BCUT2D eigenvalue weighted by Gasteiger charge is 2.39. The zero-order chi connectivity index (χ0) is 16.2. The van der Waals surface area contributed by atoms with Crippen molar-refractivity contribution in [3.8, 4) is 0 Å². The molecule has 1 amide bonds. The first kappa shape index (κ1) is 20.1. The van der Waals surface area contributed by atoms with E-state index in [2.05, 4.69) is 15.6 Å². The van der Waals surface area contributed by atoms with Crippen LogP contribution >= 0.6 is 23.7 Å². The number of carbonyl (C=O) groups excluding carboxylic acids is 1.